The molecule has 0 radical (unpaired) electrons. The van der Waals surface area contributed by atoms with Crippen LogP contribution in [-0.4, -0.2) is 40.4 Å². The SMILES string of the molecule is [Al+3].[H-].[H-].[Mg+2].[NH2-].[NH2-].[NH2-]. The molecule has 0 amide bonds. The summed E-state index contributed by atoms with van der Waals surface area (Å²) in [5.41, 5.74) is 0. The zero-order valence-corrected chi connectivity index (χ0v) is 5.59. The van der Waals surface area contributed by atoms with E-state index < -0.39 is 0 Å². The molecule has 0 aromatic heterocycles. The molecule has 0 unspecified atom stereocenters. The van der Waals surface area contributed by atoms with Gasteiger partial charge in [0, 0.05) is 0 Å². The van der Waals surface area contributed by atoms with Gasteiger partial charge in [-0.05, 0) is 0 Å². The van der Waals surface area contributed by atoms with E-state index in [1.54, 1.807) is 0 Å². The van der Waals surface area contributed by atoms with E-state index in [4.69, 9.17) is 0 Å². The van der Waals surface area contributed by atoms with Crippen molar-refractivity contribution in [2.24, 2.45) is 0 Å². The molecule has 0 aromatic rings. The third-order valence-electron chi connectivity index (χ3n) is 0. The first-order valence-corrected chi connectivity index (χ1v) is 0. The van der Waals surface area contributed by atoms with Gasteiger partial charge in [-0.1, -0.05) is 0 Å². The van der Waals surface area contributed by atoms with Crippen molar-refractivity contribution in [2.45, 2.75) is 0 Å². The van der Waals surface area contributed by atoms with Crippen LogP contribution in [-0.2, 0) is 0 Å². The summed E-state index contributed by atoms with van der Waals surface area (Å²) in [4.78, 5) is 0. The fourth-order valence-corrected chi connectivity index (χ4v) is 0. The molecule has 0 saturated heterocycles. The Kier molecular flexibility index (Phi) is 1550. The minimum Gasteiger partial charge on any atom is -1.00 e. The van der Waals surface area contributed by atoms with Crippen LogP contribution in [0.3, 0.4) is 0 Å². The van der Waals surface area contributed by atoms with Gasteiger partial charge in [-0.3, -0.25) is 0 Å². The molecule has 0 aliphatic carbocycles. The van der Waals surface area contributed by atoms with Crippen LogP contribution < -0.4 is 0 Å². The fourth-order valence-electron chi connectivity index (χ4n) is 0. The van der Waals surface area contributed by atoms with Gasteiger partial charge in [0.1, 0.15) is 0 Å². The molecule has 28 valence electrons. The molecule has 5 heavy (non-hydrogen) atoms. The molecule has 0 aliphatic rings. The molecule has 0 saturated carbocycles. The van der Waals surface area contributed by atoms with E-state index in [2.05, 4.69) is 0 Å². The number of rotatable bonds is 0. The van der Waals surface area contributed by atoms with Crippen LogP contribution in [0.15, 0.2) is 0 Å². The van der Waals surface area contributed by atoms with Gasteiger partial charge in [0.05, 0.1) is 0 Å². The molecular formula is H8AlMgN3. The van der Waals surface area contributed by atoms with E-state index in [1.165, 1.54) is 0 Å². The van der Waals surface area contributed by atoms with Crippen molar-refractivity contribution in [3.63, 3.8) is 0 Å². The van der Waals surface area contributed by atoms with Gasteiger partial charge in [0.2, 0.25) is 0 Å². The first-order valence-electron chi connectivity index (χ1n) is 0. The minimum atomic E-state index is 0. The summed E-state index contributed by atoms with van der Waals surface area (Å²) in [5.74, 6) is 0. The summed E-state index contributed by atoms with van der Waals surface area (Å²) in [5, 5.41) is 0. The molecule has 6 N–H and O–H groups in total. The second-order valence-corrected chi connectivity index (χ2v) is 0. The zero-order chi connectivity index (χ0) is 0. The van der Waals surface area contributed by atoms with Crippen molar-refractivity contribution < 1.29 is 2.85 Å². The van der Waals surface area contributed by atoms with Crippen LogP contribution in [0.4, 0.5) is 0 Å². The van der Waals surface area contributed by atoms with Crippen molar-refractivity contribution in [3.8, 4) is 0 Å². The average molecular weight is 101 g/mol. The zero-order valence-electron chi connectivity index (χ0n) is 5.02. The maximum absolute atomic E-state index is 0. The molecule has 0 aliphatic heterocycles. The Balaban J connectivity index is 0. The standard InChI is InChI=1S/Al.Mg.3H2N.2H/h;;3*1H2;;/q+3;+2;5*-1. The normalized spacial score (nSPS) is 0. The molecule has 0 spiro atoms. The van der Waals surface area contributed by atoms with Crippen LogP contribution in [0.2, 0.25) is 0 Å². The minimum absolute atomic E-state index is 0. The summed E-state index contributed by atoms with van der Waals surface area (Å²) in [6, 6.07) is 0. The van der Waals surface area contributed by atoms with Gasteiger partial charge in [-0.15, -0.1) is 0 Å². The van der Waals surface area contributed by atoms with E-state index in [1.807, 2.05) is 0 Å². The van der Waals surface area contributed by atoms with Crippen molar-refractivity contribution in [1.82, 2.24) is 0 Å². The van der Waals surface area contributed by atoms with Crippen LogP contribution in [0.1, 0.15) is 2.85 Å². The summed E-state index contributed by atoms with van der Waals surface area (Å²) < 4.78 is 0. The van der Waals surface area contributed by atoms with Gasteiger partial charge in [0.25, 0.3) is 0 Å². The van der Waals surface area contributed by atoms with E-state index in [9.17, 15) is 0 Å². The maximum Gasteiger partial charge on any atom is 3.00 e. The summed E-state index contributed by atoms with van der Waals surface area (Å²) in [6.07, 6.45) is 0. The molecule has 3 nitrogen and oxygen atoms in total. The predicted molar refractivity (Wildman–Crippen MR) is 29.6 cm³/mol. The first-order chi connectivity index (χ1) is 0. The molecule has 0 aromatic carbocycles. The van der Waals surface area contributed by atoms with Gasteiger partial charge in [-0.2, -0.15) is 0 Å². The molecule has 5 heteroatoms. The van der Waals surface area contributed by atoms with Gasteiger partial charge >= 0.3 is 40.4 Å². The molecule has 0 atom stereocenters. The van der Waals surface area contributed by atoms with Crippen molar-refractivity contribution in [1.29, 1.82) is 0 Å². The Morgan fingerprint density at radius 2 is 0.800 bits per heavy atom. The first kappa shape index (κ1) is 119. The third kappa shape index (κ3) is 37.7. The van der Waals surface area contributed by atoms with Gasteiger partial charge in [0.15, 0.2) is 0 Å². The number of hydrogen-bond acceptors (Lipinski definition) is 0. The summed E-state index contributed by atoms with van der Waals surface area (Å²) in [7, 11) is 0. The van der Waals surface area contributed by atoms with Crippen molar-refractivity contribution in [3.05, 3.63) is 18.5 Å². The van der Waals surface area contributed by atoms with Gasteiger partial charge in [-0.25, -0.2) is 0 Å². The van der Waals surface area contributed by atoms with Crippen LogP contribution in [0.25, 0.3) is 18.5 Å². The quantitative estimate of drug-likeness (QED) is 0.414. The predicted octanol–water partition coefficient (Wildman–Crippen LogP) is 1.61. The largest absolute Gasteiger partial charge is 3.00 e. The van der Waals surface area contributed by atoms with E-state index in [0.717, 1.165) is 0 Å². The maximum atomic E-state index is 0. The number of nitrogens with two attached hydrogens (primary N) is 3. The summed E-state index contributed by atoms with van der Waals surface area (Å²) in [6.45, 7) is 0. The molecule has 0 fully saturated rings. The van der Waals surface area contributed by atoms with Crippen LogP contribution in [0, 0.1) is 0 Å². The van der Waals surface area contributed by atoms with E-state index in [0.29, 0.717) is 0 Å². The second kappa shape index (κ2) is 65.1. The Labute approximate surface area is 61.9 Å². The smallest absolute Gasteiger partial charge is 1.00 e. The van der Waals surface area contributed by atoms with E-state index in [-0.39, 0.29) is 61.7 Å². The van der Waals surface area contributed by atoms with Crippen molar-refractivity contribution >= 4 is 40.4 Å². The Morgan fingerprint density at radius 1 is 0.800 bits per heavy atom. The Hall–Kier alpha value is 1.18. The molecule has 0 rings (SSSR count). The van der Waals surface area contributed by atoms with Crippen LogP contribution >= 0.6 is 0 Å². The van der Waals surface area contributed by atoms with Gasteiger partial charge < -0.3 is 21.3 Å². The van der Waals surface area contributed by atoms with E-state index >= 15 is 0 Å². The average Bonchev–Trinajstić information content (AvgIpc) is 0. The third-order valence-corrected chi connectivity index (χ3v) is 0. The Morgan fingerprint density at radius 3 is 0.800 bits per heavy atom. The molecular weight excluding hydrogens is 93.3 g/mol. The number of hydrogen-bond donors (Lipinski definition) is 0. The topological polar surface area (TPSA) is 100 Å². The van der Waals surface area contributed by atoms with Crippen LogP contribution in [0.5, 0.6) is 0 Å². The molecule has 0 heterocycles. The van der Waals surface area contributed by atoms with Crippen molar-refractivity contribution in [2.75, 3.05) is 0 Å². The Bertz CT molecular complexity index is 12.9. The monoisotopic (exact) mass is 101 g/mol. The fraction of sp³-hybridized carbons (Fsp3) is 0. The summed E-state index contributed by atoms with van der Waals surface area (Å²) >= 11 is 0. The second-order valence-electron chi connectivity index (χ2n) is 0. The molecule has 0 bridgehead atoms.